The maximum atomic E-state index is 12.5. The fraction of sp³-hybridized carbons (Fsp3) is 0.250. The number of nitrogens with one attached hydrogen (secondary N) is 1. The van der Waals surface area contributed by atoms with Crippen molar-refractivity contribution in [1.29, 1.82) is 0 Å². The van der Waals surface area contributed by atoms with Gasteiger partial charge in [-0.25, -0.2) is 9.59 Å². The minimum Gasteiger partial charge on any atom is -0.465 e. The Labute approximate surface area is 138 Å². The number of hydrogen-bond acceptors (Lipinski definition) is 6. The van der Waals surface area contributed by atoms with Crippen molar-refractivity contribution in [2.45, 2.75) is 6.92 Å². The Morgan fingerprint density at radius 3 is 2.42 bits per heavy atom. The summed E-state index contributed by atoms with van der Waals surface area (Å²) in [6.45, 7) is 1.88. The zero-order chi connectivity index (χ0) is 17.7. The summed E-state index contributed by atoms with van der Waals surface area (Å²) in [5.41, 5.74) is 0.376. The predicted molar refractivity (Wildman–Crippen MR) is 84.9 cm³/mol. The van der Waals surface area contributed by atoms with Crippen LogP contribution < -0.4 is 5.32 Å². The molecule has 0 bridgehead atoms. The van der Waals surface area contributed by atoms with Gasteiger partial charge in [-0.05, 0) is 19.1 Å². The lowest BCUT2D eigenvalue weighted by Gasteiger charge is -2.10. The summed E-state index contributed by atoms with van der Waals surface area (Å²) < 4.78 is 10.9. The number of aromatic nitrogens is 2. The number of anilines is 1. The normalized spacial score (nSPS) is 10.1. The number of aryl methyl sites for hydroxylation is 1. The van der Waals surface area contributed by atoms with Crippen LogP contribution in [0.25, 0.3) is 0 Å². The van der Waals surface area contributed by atoms with Crippen LogP contribution >= 0.6 is 0 Å². The Morgan fingerprint density at radius 2 is 1.79 bits per heavy atom. The number of carbonyl (C=O) groups excluding carboxylic acids is 3. The van der Waals surface area contributed by atoms with Gasteiger partial charge in [0, 0.05) is 7.05 Å². The summed E-state index contributed by atoms with van der Waals surface area (Å²) in [7, 11) is 2.81. The summed E-state index contributed by atoms with van der Waals surface area (Å²) in [5, 5.41) is 6.54. The number of carbonyl (C=O) groups is 3. The van der Waals surface area contributed by atoms with Gasteiger partial charge in [-0.2, -0.15) is 5.10 Å². The maximum Gasteiger partial charge on any atom is 0.343 e. The number of benzene rings is 1. The third kappa shape index (κ3) is 3.43. The Hall–Kier alpha value is -3.16. The summed E-state index contributed by atoms with van der Waals surface area (Å²) in [5.74, 6) is -1.61. The standard InChI is InChI=1S/C16H17N3O5/c1-4-24-16(22)12-9-17-19(2)13(12)18-14(20)10-7-5-6-8-11(10)15(21)23-3/h5-9H,4H2,1-3H3,(H,18,20). The van der Waals surface area contributed by atoms with Crippen LogP contribution in [-0.2, 0) is 16.5 Å². The predicted octanol–water partition coefficient (Wildman–Crippen LogP) is 1.64. The van der Waals surface area contributed by atoms with E-state index in [0.29, 0.717) is 0 Å². The van der Waals surface area contributed by atoms with Crippen molar-refractivity contribution in [2.24, 2.45) is 7.05 Å². The van der Waals surface area contributed by atoms with Gasteiger partial charge in [0.1, 0.15) is 11.4 Å². The number of ether oxygens (including phenoxy) is 2. The van der Waals surface area contributed by atoms with Gasteiger partial charge >= 0.3 is 11.9 Å². The topological polar surface area (TPSA) is 99.5 Å². The highest BCUT2D eigenvalue weighted by Crippen LogP contribution is 2.18. The Bertz CT molecular complexity index is 782. The summed E-state index contributed by atoms with van der Waals surface area (Å²) >= 11 is 0. The summed E-state index contributed by atoms with van der Waals surface area (Å²) in [4.78, 5) is 36.2. The number of methoxy groups -OCH3 is 1. The molecule has 0 radical (unpaired) electrons. The Morgan fingerprint density at radius 1 is 1.12 bits per heavy atom. The quantitative estimate of drug-likeness (QED) is 0.836. The molecule has 2 aromatic rings. The van der Waals surface area contributed by atoms with Crippen molar-refractivity contribution >= 4 is 23.7 Å². The van der Waals surface area contributed by atoms with Gasteiger partial charge in [-0.15, -0.1) is 0 Å². The zero-order valence-corrected chi connectivity index (χ0v) is 13.5. The van der Waals surface area contributed by atoms with Crippen molar-refractivity contribution in [2.75, 3.05) is 19.0 Å². The van der Waals surface area contributed by atoms with Crippen molar-refractivity contribution in [3.05, 3.63) is 47.2 Å². The first-order valence-electron chi connectivity index (χ1n) is 7.17. The molecule has 1 heterocycles. The van der Waals surface area contributed by atoms with E-state index in [0.717, 1.165) is 0 Å². The lowest BCUT2D eigenvalue weighted by Crippen LogP contribution is -2.20. The third-order valence-electron chi connectivity index (χ3n) is 3.24. The maximum absolute atomic E-state index is 12.5. The highest BCUT2D eigenvalue weighted by Gasteiger charge is 2.22. The SMILES string of the molecule is CCOC(=O)c1cnn(C)c1NC(=O)c1ccccc1C(=O)OC. The second-order valence-electron chi connectivity index (χ2n) is 4.74. The van der Waals surface area contributed by atoms with Crippen molar-refractivity contribution in [3.8, 4) is 0 Å². The average Bonchev–Trinajstić information content (AvgIpc) is 2.95. The number of rotatable bonds is 5. The van der Waals surface area contributed by atoms with E-state index in [1.807, 2.05) is 0 Å². The molecule has 0 unspecified atom stereocenters. The molecule has 0 spiro atoms. The molecule has 1 amide bonds. The molecule has 0 atom stereocenters. The molecule has 8 heteroatoms. The molecule has 24 heavy (non-hydrogen) atoms. The minimum atomic E-state index is -0.628. The molecular formula is C16H17N3O5. The fourth-order valence-electron chi connectivity index (χ4n) is 2.09. The first kappa shape index (κ1) is 17.2. The molecule has 8 nitrogen and oxygen atoms in total. The van der Waals surface area contributed by atoms with Crippen LogP contribution in [0, 0.1) is 0 Å². The third-order valence-corrected chi connectivity index (χ3v) is 3.24. The second-order valence-corrected chi connectivity index (χ2v) is 4.74. The lowest BCUT2D eigenvalue weighted by molar-refractivity contribution is 0.0526. The molecular weight excluding hydrogens is 314 g/mol. The van der Waals surface area contributed by atoms with E-state index >= 15 is 0 Å². The number of hydrogen-bond donors (Lipinski definition) is 1. The fourth-order valence-corrected chi connectivity index (χ4v) is 2.09. The van der Waals surface area contributed by atoms with Crippen LogP contribution in [-0.4, -0.2) is 41.3 Å². The summed E-state index contributed by atoms with van der Waals surface area (Å²) in [6.07, 6.45) is 1.31. The van der Waals surface area contributed by atoms with Gasteiger partial charge in [0.05, 0.1) is 31.0 Å². The monoisotopic (exact) mass is 331 g/mol. The first-order chi connectivity index (χ1) is 11.5. The molecule has 0 saturated carbocycles. The van der Waals surface area contributed by atoms with Crippen LogP contribution in [0.3, 0.4) is 0 Å². The molecule has 0 saturated heterocycles. The smallest absolute Gasteiger partial charge is 0.343 e. The van der Waals surface area contributed by atoms with E-state index in [1.165, 1.54) is 30.1 Å². The first-order valence-corrected chi connectivity index (χ1v) is 7.17. The molecule has 0 fully saturated rings. The van der Waals surface area contributed by atoms with E-state index in [1.54, 1.807) is 26.1 Å². The van der Waals surface area contributed by atoms with E-state index in [2.05, 4.69) is 15.2 Å². The average molecular weight is 331 g/mol. The second kappa shape index (κ2) is 7.40. The molecule has 0 aliphatic rings. The lowest BCUT2D eigenvalue weighted by atomic mass is 10.1. The largest absolute Gasteiger partial charge is 0.465 e. The van der Waals surface area contributed by atoms with Gasteiger partial charge in [0.15, 0.2) is 0 Å². The van der Waals surface area contributed by atoms with Crippen LogP contribution in [0.1, 0.15) is 38.0 Å². The van der Waals surface area contributed by atoms with Gasteiger partial charge in [-0.3, -0.25) is 9.48 Å². The van der Waals surface area contributed by atoms with Crippen LogP contribution in [0.2, 0.25) is 0 Å². The summed E-state index contributed by atoms with van der Waals surface area (Å²) in [6, 6.07) is 6.21. The minimum absolute atomic E-state index is 0.123. The number of nitrogens with zero attached hydrogens (tertiary/aromatic N) is 2. The molecule has 0 aliphatic heterocycles. The van der Waals surface area contributed by atoms with Gasteiger partial charge in [0.2, 0.25) is 0 Å². The van der Waals surface area contributed by atoms with Gasteiger partial charge < -0.3 is 14.8 Å². The van der Waals surface area contributed by atoms with Crippen molar-refractivity contribution in [3.63, 3.8) is 0 Å². The molecule has 2 rings (SSSR count). The Kier molecular flexibility index (Phi) is 5.31. The van der Waals surface area contributed by atoms with Gasteiger partial charge in [0.25, 0.3) is 5.91 Å². The molecule has 1 aromatic heterocycles. The molecule has 0 aliphatic carbocycles. The Balaban J connectivity index is 2.33. The molecule has 126 valence electrons. The highest BCUT2D eigenvalue weighted by molar-refractivity contribution is 6.12. The van der Waals surface area contributed by atoms with Crippen LogP contribution in [0.5, 0.6) is 0 Å². The number of amides is 1. The molecule has 1 N–H and O–H groups in total. The van der Waals surface area contributed by atoms with Crippen LogP contribution in [0.15, 0.2) is 30.5 Å². The van der Waals surface area contributed by atoms with E-state index < -0.39 is 17.8 Å². The van der Waals surface area contributed by atoms with E-state index in [9.17, 15) is 14.4 Å². The van der Waals surface area contributed by atoms with Crippen molar-refractivity contribution in [1.82, 2.24) is 9.78 Å². The van der Waals surface area contributed by atoms with E-state index in [4.69, 9.17) is 4.74 Å². The van der Waals surface area contributed by atoms with Crippen LogP contribution in [0.4, 0.5) is 5.82 Å². The zero-order valence-electron chi connectivity index (χ0n) is 13.5. The highest BCUT2D eigenvalue weighted by atomic mass is 16.5. The number of esters is 2. The van der Waals surface area contributed by atoms with E-state index in [-0.39, 0.29) is 29.1 Å². The molecule has 1 aromatic carbocycles. The van der Waals surface area contributed by atoms with Gasteiger partial charge in [-0.1, -0.05) is 12.1 Å². The van der Waals surface area contributed by atoms with Crippen molar-refractivity contribution < 1.29 is 23.9 Å².